The molecule has 0 spiro atoms. The number of aliphatic hydroxyl groups is 1. The molecule has 1 aromatic carbocycles. The maximum atomic E-state index is 13.8. The standard InChI is InChI=1S/C35H57N7O7/c1-6-28(44)42(5)27(20-24-15-11-8-12-16-24)34(48)38-25(17-18-36)32(46)39-26(19-23-13-9-7-10-14-23)33(47)40-29(21(2)3)35(49)41-30(22(4)43)31(37)45/h8,11-12,15-16,21-23,25-27,29-30,43H,6-7,9-10,13-14,17-20,36H2,1-5H3,(H2,37,45)(H,38,48)(H,39,46)(H,40,47)(H,41,49)/t22-,25+,26+,27+,29+,30+/m1/s1. The molecule has 0 radical (unpaired) electrons. The van der Waals surface area contributed by atoms with E-state index in [-0.39, 0.29) is 37.6 Å². The van der Waals surface area contributed by atoms with Gasteiger partial charge >= 0.3 is 0 Å². The van der Waals surface area contributed by atoms with Crippen LogP contribution in [-0.2, 0) is 35.2 Å². The van der Waals surface area contributed by atoms with Crippen LogP contribution in [0.2, 0.25) is 0 Å². The molecule has 1 aliphatic carbocycles. The van der Waals surface area contributed by atoms with Gasteiger partial charge in [0.2, 0.25) is 35.4 Å². The number of primary amides is 1. The van der Waals surface area contributed by atoms with Gasteiger partial charge in [0.15, 0.2) is 0 Å². The Morgan fingerprint density at radius 1 is 0.837 bits per heavy atom. The first-order chi connectivity index (χ1) is 23.2. The van der Waals surface area contributed by atoms with Gasteiger partial charge in [0, 0.05) is 19.9 Å². The first kappa shape index (κ1) is 41.1. The largest absolute Gasteiger partial charge is 0.391 e. The highest BCUT2D eigenvalue weighted by molar-refractivity contribution is 5.96. The molecule has 1 fully saturated rings. The molecule has 2 rings (SSSR count). The average Bonchev–Trinajstić information content (AvgIpc) is 3.07. The Bertz CT molecular complexity index is 1250. The van der Waals surface area contributed by atoms with Gasteiger partial charge in [0.05, 0.1) is 6.10 Å². The van der Waals surface area contributed by atoms with Crippen LogP contribution in [0.15, 0.2) is 30.3 Å². The Morgan fingerprint density at radius 2 is 1.41 bits per heavy atom. The molecule has 6 amide bonds. The lowest BCUT2D eigenvalue weighted by atomic mass is 9.84. The molecule has 9 N–H and O–H groups in total. The van der Waals surface area contributed by atoms with Crippen LogP contribution in [0.3, 0.4) is 0 Å². The highest BCUT2D eigenvalue weighted by Crippen LogP contribution is 2.27. The van der Waals surface area contributed by atoms with Gasteiger partial charge in [-0.2, -0.15) is 0 Å². The Morgan fingerprint density at radius 3 is 1.94 bits per heavy atom. The van der Waals surface area contributed by atoms with Gasteiger partial charge in [-0.3, -0.25) is 28.8 Å². The fourth-order valence-corrected chi connectivity index (χ4v) is 6.09. The molecular weight excluding hydrogens is 630 g/mol. The van der Waals surface area contributed by atoms with Crippen molar-refractivity contribution in [2.45, 2.75) is 122 Å². The second-order valence-electron chi connectivity index (χ2n) is 13.4. The van der Waals surface area contributed by atoms with E-state index in [0.717, 1.165) is 37.7 Å². The fraction of sp³-hybridized carbons (Fsp3) is 0.657. The zero-order chi connectivity index (χ0) is 36.7. The Labute approximate surface area is 289 Å². The van der Waals surface area contributed by atoms with E-state index in [4.69, 9.17) is 11.5 Å². The van der Waals surface area contributed by atoms with E-state index >= 15 is 0 Å². The van der Waals surface area contributed by atoms with Gasteiger partial charge in [0.25, 0.3) is 0 Å². The maximum absolute atomic E-state index is 13.8. The number of hydrogen-bond donors (Lipinski definition) is 7. The second-order valence-corrected chi connectivity index (χ2v) is 13.4. The summed E-state index contributed by atoms with van der Waals surface area (Å²) in [6, 6.07) is 3.72. The van der Waals surface area contributed by atoms with Gasteiger partial charge in [-0.25, -0.2) is 0 Å². The Kier molecular flexibility index (Phi) is 17.2. The molecule has 1 saturated carbocycles. The smallest absolute Gasteiger partial charge is 0.243 e. The van der Waals surface area contributed by atoms with Gasteiger partial charge in [-0.15, -0.1) is 0 Å². The van der Waals surface area contributed by atoms with Gasteiger partial charge in [0.1, 0.15) is 30.2 Å². The van der Waals surface area contributed by atoms with Gasteiger partial charge in [-0.05, 0) is 43.7 Å². The number of rotatable bonds is 19. The number of carbonyl (C=O) groups excluding carboxylic acids is 6. The second kappa shape index (κ2) is 20.5. The Balaban J connectivity index is 2.31. The summed E-state index contributed by atoms with van der Waals surface area (Å²) in [5, 5.41) is 20.7. The molecule has 0 aliphatic heterocycles. The van der Waals surface area contributed by atoms with Crippen molar-refractivity contribution in [2.75, 3.05) is 13.6 Å². The van der Waals surface area contributed by atoms with E-state index in [1.54, 1.807) is 27.8 Å². The summed E-state index contributed by atoms with van der Waals surface area (Å²) in [6.45, 7) is 6.49. The minimum absolute atomic E-state index is 0.0604. The predicted molar refractivity (Wildman–Crippen MR) is 185 cm³/mol. The molecule has 0 aromatic heterocycles. The highest BCUT2D eigenvalue weighted by atomic mass is 16.3. The number of benzene rings is 1. The molecule has 14 heteroatoms. The lowest BCUT2D eigenvalue weighted by molar-refractivity contribution is -0.140. The van der Waals surface area contributed by atoms with Crippen molar-refractivity contribution in [1.82, 2.24) is 26.2 Å². The highest BCUT2D eigenvalue weighted by Gasteiger charge is 2.35. The first-order valence-electron chi connectivity index (χ1n) is 17.4. The summed E-state index contributed by atoms with van der Waals surface area (Å²) in [5.74, 6) is -3.90. The van der Waals surface area contributed by atoms with Gasteiger partial charge < -0.3 is 42.7 Å². The number of nitrogens with zero attached hydrogens (tertiary/aromatic N) is 1. The normalized spacial score (nSPS) is 17.1. The number of nitrogens with one attached hydrogen (secondary N) is 4. The predicted octanol–water partition coefficient (Wildman–Crippen LogP) is 0.247. The van der Waals surface area contributed by atoms with Crippen LogP contribution in [0.4, 0.5) is 0 Å². The zero-order valence-corrected chi connectivity index (χ0v) is 29.6. The summed E-state index contributed by atoms with van der Waals surface area (Å²) in [5.41, 5.74) is 12.0. The molecule has 1 aliphatic rings. The number of hydrogen-bond acceptors (Lipinski definition) is 8. The van der Waals surface area contributed by atoms with Crippen LogP contribution in [0, 0.1) is 11.8 Å². The maximum Gasteiger partial charge on any atom is 0.243 e. The molecule has 0 saturated heterocycles. The van der Waals surface area contributed by atoms with Crippen LogP contribution in [-0.4, -0.2) is 95.4 Å². The third-order valence-electron chi connectivity index (χ3n) is 9.09. The van der Waals surface area contributed by atoms with E-state index < -0.39 is 71.8 Å². The molecule has 1 aromatic rings. The van der Waals surface area contributed by atoms with Crippen molar-refractivity contribution >= 4 is 35.4 Å². The van der Waals surface area contributed by atoms with Crippen molar-refractivity contribution in [1.29, 1.82) is 0 Å². The van der Waals surface area contributed by atoms with E-state index in [9.17, 15) is 33.9 Å². The third kappa shape index (κ3) is 13.1. The summed E-state index contributed by atoms with van der Waals surface area (Å²) in [4.78, 5) is 80.4. The lowest BCUT2D eigenvalue weighted by Crippen LogP contribution is -2.61. The monoisotopic (exact) mass is 687 g/mol. The van der Waals surface area contributed by atoms with E-state index in [1.807, 2.05) is 30.3 Å². The molecule has 0 bridgehead atoms. The van der Waals surface area contributed by atoms with Crippen molar-refractivity contribution in [3.63, 3.8) is 0 Å². The molecule has 49 heavy (non-hydrogen) atoms. The van der Waals surface area contributed by atoms with Crippen molar-refractivity contribution in [3.8, 4) is 0 Å². The van der Waals surface area contributed by atoms with E-state index in [1.165, 1.54) is 11.8 Å². The SMILES string of the molecule is CCC(=O)N(C)[C@@H](Cc1ccccc1)C(=O)N[C@@H](CCN)C(=O)N[C@@H](CC1CCCCC1)C(=O)N[C@H](C(=O)N[C@H](C(N)=O)[C@@H](C)O)C(C)C. The summed E-state index contributed by atoms with van der Waals surface area (Å²) < 4.78 is 0. The molecule has 274 valence electrons. The minimum atomic E-state index is -1.36. The summed E-state index contributed by atoms with van der Waals surface area (Å²) in [6.07, 6.45) is 4.38. The van der Waals surface area contributed by atoms with E-state index in [0.29, 0.717) is 6.42 Å². The molecule has 0 unspecified atom stereocenters. The van der Waals surface area contributed by atoms with Crippen LogP contribution < -0.4 is 32.7 Å². The average molecular weight is 688 g/mol. The number of nitrogens with two attached hydrogens (primary N) is 2. The van der Waals surface area contributed by atoms with Crippen molar-refractivity contribution < 1.29 is 33.9 Å². The van der Waals surface area contributed by atoms with Gasteiger partial charge in [-0.1, -0.05) is 83.2 Å². The van der Waals surface area contributed by atoms with Crippen LogP contribution in [0.1, 0.15) is 84.6 Å². The van der Waals surface area contributed by atoms with Crippen LogP contribution >= 0.6 is 0 Å². The third-order valence-corrected chi connectivity index (χ3v) is 9.09. The van der Waals surface area contributed by atoms with Crippen molar-refractivity contribution in [3.05, 3.63) is 35.9 Å². The zero-order valence-electron chi connectivity index (χ0n) is 29.6. The van der Waals surface area contributed by atoms with Crippen LogP contribution in [0.5, 0.6) is 0 Å². The quantitative estimate of drug-likeness (QED) is 0.106. The summed E-state index contributed by atoms with van der Waals surface area (Å²) >= 11 is 0. The topological polar surface area (TPSA) is 226 Å². The number of likely N-dealkylation sites (N-methyl/N-ethyl adjacent to an activating group) is 1. The minimum Gasteiger partial charge on any atom is -0.391 e. The lowest BCUT2D eigenvalue weighted by Gasteiger charge is -2.31. The molecule has 6 atom stereocenters. The number of carbonyl (C=O) groups is 6. The number of amides is 6. The Hall–Kier alpha value is -4.04. The molecule has 0 heterocycles. The summed E-state index contributed by atoms with van der Waals surface area (Å²) in [7, 11) is 1.55. The number of aliphatic hydroxyl groups excluding tert-OH is 1. The van der Waals surface area contributed by atoms with Crippen LogP contribution in [0.25, 0.3) is 0 Å². The van der Waals surface area contributed by atoms with E-state index in [2.05, 4.69) is 21.3 Å². The van der Waals surface area contributed by atoms with Crippen molar-refractivity contribution in [2.24, 2.45) is 23.3 Å². The molecular formula is C35H57N7O7. The molecule has 14 nitrogen and oxygen atoms in total. The fourth-order valence-electron chi connectivity index (χ4n) is 6.09. The first-order valence-corrected chi connectivity index (χ1v) is 17.4.